The zero-order valence-corrected chi connectivity index (χ0v) is 11.9. The molecule has 0 aliphatic carbocycles. The maximum absolute atomic E-state index is 14.3. The van der Waals surface area contributed by atoms with Gasteiger partial charge in [0.25, 0.3) is 0 Å². The molecular weight excluding hydrogens is 289 g/mol. The smallest absolute Gasteiger partial charge is 0.303 e. The highest BCUT2D eigenvalue weighted by atomic mass is 19.1. The van der Waals surface area contributed by atoms with Crippen molar-refractivity contribution in [2.24, 2.45) is 0 Å². The zero-order valence-electron chi connectivity index (χ0n) is 11.9. The van der Waals surface area contributed by atoms with Crippen molar-refractivity contribution >= 4 is 17.8 Å². The summed E-state index contributed by atoms with van der Waals surface area (Å²) in [7, 11) is 0. The molecular formula is C12H18FNO7. The number of halogens is 1. The van der Waals surface area contributed by atoms with Crippen LogP contribution in [0.3, 0.4) is 0 Å². The quantitative estimate of drug-likeness (QED) is 0.643. The van der Waals surface area contributed by atoms with E-state index < -0.39 is 55.2 Å². The van der Waals surface area contributed by atoms with Crippen molar-refractivity contribution in [2.75, 3.05) is 6.61 Å². The highest BCUT2D eigenvalue weighted by Gasteiger charge is 2.48. The van der Waals surface area contributed by atoms with Gasteiger partial charge in [-0.25, -0.2) is 4.39 Å². The minimum Gasteiger partial charge on any atom is -0.463 e. The summed E-state index contributed by atoms with van der Waals surface area (Å²) in [4.78, 5) is 32.9. The van der Waals surface area contributed by atoms with E-state index in [0.717, 1.165) is 20.8 Å². The van der Waals surface area contributed by atoms with E-state index in [1.165, 1.54) is 0 Å². The lowest BCUT2D eigenvalue weighted by molar-refractivity contribution is -0.247. The molecule has 0 aromatic carbocycles. The number of amides is 1. The third kappa shape index (κ3) is 4.94. The average Bonchev–Trinajstić information content (AvgIpc) is 2.35. The van der Waals surface area contributed by atoms with Gasteiger partial charge < -0.3 is 24.6 Å². The standard InChI is InChI=1S/C12H18FNO7/c1-5(15)14-10-11(20-7(3)17)9(13)8(21-12(10)18)4-19-6(2)16/h8-12,18H,4H2,1-3H3,(H,14,15)/t8-,9-,10-,11?,12?/m1/s1. The van der Waals surface area contributed by atoms with E-state index in [9.17, 15) is 23.9 Å². The van der Waals surface area contributed by atoms with Crippen LogP contribution in [0.4, 0.5) is 4.39 Å². The molecule has 1 aliphatic rings. The molecule has 0 aromatic rings. The molecule has 0 aromatic heterocycles. The first-order valence-corrected chi connectivity index (χ1v) is 6.27. The maximum atomic E-state index is 14.3. The topological polar surface area (TPSA) is 111 Å². The van der Waals surface area contributed by atoms with Crippen LogP contribution in [0.2, 0.25) is 0 Å². The Labute approximate surface area is 120 Å². The van der Waals surface area contributed by atoms with E-state index in [4.69, 9.17) is 9.47 Å². The van der Waals surface area contributed by atoms with Crippen LogP contribution in [0.25, 0.3) is 0 Å². The summed E-state index contributed by atoms with van der Waals surface area (Å²) < 4.78 is 28.8. The number of alkyl halides is 1. The number of hydrogen-bond acceptors (Lipinski definition) is 7. The molecule has 0 bridgehead atoms. The minimum absolute atomic E-state index is 0.446. The Kier molecular flexibility index (Phi) is 6.03. The van der Waals surface area contributed by atoms with Gasteiger partial charge in [-0.1, -0.05) is 0 Å². The SMILES string of the molecule is CC(=O)N[C@H]1C(O)O[C@H](COC(C)=O)[C@@H](F)C1OC(C)=O. The molecule has 1 heterocycles. The van der Waals surface area contributed by atoms with Gasteiger partial charge in [-0.2, -0.15) is 0 Å². The molecule has 9 heteroatoms. The van der Waals surface area contributed by atoms with Crippen molar-refractivity contribution in [1.29, 1.82) is 0 Å². The number of esters is 2. The van der Waals surface area contributed by atoms with Gasteiger partial charge in [0.05, 0.1) is 0 Å². The molecule has 8 nitrogen and oxygen atoms in total. The van der Waals surface area contributed by atoms with Gasteiger partial charge in [-0.05, 0) is 0 Å². The Morgan fingerprint density at radius 3 is 2.33 bits per heavy atom. The normalized spacial score (nSPS) is 32.1. The number of aliphatic hydroxyl groups excluding tert-OH is 1. The van der Waals surface area contributed by atoms with E-state index in [-0.39, 0.29) is 0 Å². The highest BCUT2D eigenvalue weighted by Crippen LogP contribution is 2.25. The van der Waals surface area contributed by atoms with Crippen molar-refractivity contribution in [1.82, 2.24) is 5.32 Å². The monoisotopic (exact) mass is 307 g/mol. The van der Waals surface area contributed by atoms with Crippen LogP contribution >= 0.6 is 0 Å². The summed E-state index contributed by atoms with van der Waals surface area (Å²) >= 11 is 0. The number of carbonyl (C=O) groups excluding carboxylic acids is 3. The lowest BCUT2D eigenvalue weighted by atomic mass is 9.98. The van der Waals surface area contributed by atoms with Gasteiger partial charge in [0, 0.05) is 20.8 Å². The highest BCUT2D eigenvalue weighted by molar-refractivity contribution is 5.73. The molecule has 1 fully saturated rings. The lowest BCUT2D eigenvalue weighted by Crippen LogP contribution is -2.64. The first-order chi connectivity index (χ1) is 9.72. The predicted molar refractivity (Wildman–Crippen MR) is 65.6 cm³/mol. The summed E-state index contributed by atoms with van der Waals surface area (Å²) in [5.41, 5.74) is 0. The van der Waals surface area contributed by atoms with Gasteiger partial charge in [0.2, 0.25) is 5.91 Å². The third-order valence-electron chi connectivity index (χ3n) is 2.77. The number of nitrogens with one attached hydrogen (secondary N) is 1. The van der Waals surface area contributed by atoms with E-state index in [1.807, 2.05) is 0 Å². The maximum Gasteiger partial charge on any atom is 0.303 e. The summed E-state index contributed by atoms with van der Waals surface area (Å²) in [5.74, 6) is -1.97. The fourth-order valence-electron chi connectivity index (χ4n) is 1.96. The largest absolute Gasteiger partial charge is 0.463 e. The fourth-order valence-corrected chi connectivity index (χ4v) is 1.96. The van der Waals surface area contributed by atoms with Crippen LogP contribution < -0.4 is 5.32 Å². The molecule has 2 unspecified atom stereocenters. The van der Waals surface area contributed by atoms with Crippen molar-refractivity contribution in [2.45, 2.75) is 51.5 Å². The fraction of sp³-hybridized carbons (Fsp3) is 0.750. The Balaban J connectivity index is 2.87. The van der Waals surface area contributed by atoms with E-state index >= 15 is 0 Å². The second kappa shape index (κ2) is 7.32. The summed E-state index contributed by atoms with van der Waals surface area (Å²) in [5, 5.41) is 12.1. The van der Waals surface area contributed by atoms with Crippen molar-refractivity contribution in [3.63, 3.8) is 0 Å². The molecule has 0 radical (unpaired) electrons. The Hall–Kier alpha value is -1.74. The van der Waals surface area contributed by atoms with Gasteiger partial charge >= 0.3 is 11.9 Å². The number of ether oxygens (including phenoxy) is 3. The molecule has 1 amide bonds. The molecule has 1 rings (SSSR count). The predicted octanol–water partition coefficient (Wildman–Crippen LogP) is -0.959. The van der Waals surface area contributed by atoms with Crippen LogP contribution in [0.15, 0.2) is 0 Å². The second-order valence-corrected chi connectivity index (χ2v) is 4.61. The minimum atomic E-state index is -1.88. The van der Waals surface area contributed by atoms with Crippen LogP contribution in [-0.2, 0) is 28.6 Å². The molecule has 1 aliphatic heterocycles. The third-order valence-corrected chi connectivity index (χ3v) is 2.77. The van der Waals surface area contributed by atoms with Crippen molar-refractivity contribution in [3.8, 4) is 0 Å². The summed E-state index contributed by atoms with van der Waals surface area (Å²) in [6, 6.07) is -1.25. The van der Waals surface area contributed by atoms with E-state index in [2.05, 4.69) is 10.1 Å². The Morgan fingerprint density at radius 2 is 1.86 bits per heavy atom. The van der Waals surface area contributed by atoms with Gasteiger partial charge in [-0.3, -0.25) is 14.4 Å². The average molecular weight is 307 g/mol. The summed E-state index contributed by atoms with van der Waals surface area (Å²) in [6.45, 7) is 2.92. The molecule has 0 saturated carbocycles. The lowest BCUT2D eigenvalue weighted by Gasteiger charge is -2.40. The number of carbonyl (C=O) groups is 3. The van der Waals surface area contributed by atoms with Crippen LogP contribution in [0, 0.1) is 0 Å². The first kappa shape index (κ1) is 17.3. The number of hydrogen-bond donors (Lipinski definition) is 2. The molecule has 21 heavy (non-hydrogen) atoms. The van der Waals surface area contributed by atoms with Gasteiger partial charge in [-0.15, -0.1) is 0 Å². The second-order valence-electron chi connectivity index (χ2n) is 4.61. The van der Waals surface area contributed by atoms with Crippen LogP contribution in [0.1, 0.15) is 20.8 Å². The van der Waals surface area contributed by atoms with Crippen LogP contribution in [-0.4, -0.2) is 60.3 Å². The molecule has 1 saturated heterocycles. The van der Waals surface area contributed by atoms with Gasteiger partial charge in [0.15, 0.2) is 18.6 Å². The van der Waals surface area contributed by atoms with Crippen molar-refractivity contribution < 1.29 is 38.1 Å². The van der Waals surface area contributed by atoms with Crippen molar-refractivity contribution in [3.05, 3.63) is 0 Å². The zero-order chi connectivity index (χ0) is 16.2. The Morgan fingerprint density at radius 1 is 1.24 bits per heavy atom. The first-order valence-electron chi connectivity index (χ1n) is 6.27. The molecule has 5 atom stereocenters. The van der Waals surface area contributed by atoms with E-state index in [1.54, 1.807) is 0 Å². The molecule has 0 spiro atoms. The summed E-state index contributed by atoms with van der Waals surface area (Å²) in [6.07, 6.45) is -6.24. The molecule has 120 valence electrons. The van der Waals surface area contributed by atoms with Gasteiger partial charge in [0.1, 0.15) is 18.8 Å². The number of aliphatic hydroxyl groups is 1. The van der Waals surface area contributed by atoms with E-state index in [0.29, 0.717) is 0 Å². The Bertz CT molecular complexity index is 416. The number of rotatable bonds is 4. The molecule has 2 N–H and O–H groups in total. The van der Waals surface area contributed by atoms with Crippen LogP contribution in [0.5, 0.6) is 0 Å².